The summed E-state index contributed by atoms with van der Waals surface area (Å²) in [5.41, 5.74) is 3.07. The molecular formula is C15H23ClN4O. The fourth-order valence-corrected chi connectivity index (χ4v) is 2.01. The number of methoxy groups -OCH3 is 1. The van der Waals surface area contributed by atoms with E-state index in [9.17, 15) is 0 Å². The maximum atomic E-state index is 5.04. The zero-order chi connectivity index (χ0) is 14.2. The van der Waals surface area contributed by atoms with Gasteiger partial charge in [-0.05, 0) is 19.9 Å². The summed E-state index contributed by atoms with van der Waals surface area (Å²) in [6, 6.07) is 10.2. The van der Waals surface area contributed by atoms with Gasteiger partial charge in [0.25, 0.3) is 0 Å². The molecule has 0 saturated heterocycles. The van der Waals surface area contributed by atoms with Gasteiger partial charge in [-0.15, -0.1) is 12.4 Å². The van der Waals surface area contributed by atoms with Crippen LogP contribution >= 0.6 is 12.4 Å². The van der Waals surface area contributed by atoms with Crippen molar-refractivity contribution >= 4 is 12.4 Å². The van der Waals surface area contributed by atoms with Crippen LogP contribution in [0.15, 0.2) is 30.3 Å². The Morgan fingerprint density at radius 1 is 1.19 bits per heavy atom. The lowest BCUT2D eigenvalue weighted by atomic mass is 10.1. The number of nitrogens with one attached hydrogen (secondary N) is 1. The number of hydrogen-bond donors (Lipinski definition) is 1. The Bertz CT molecular complexity index is 516. The van der Waals surface area contributed by atoms with E-state index >= 15 is 0 Å². The molecule has 1 aromatic carbocycles. The van der Waals surface area contributed by atoms with Crippen LogP contribution in [-0.2, 0) is 17.8 Å². The Hall–Kier alpha value is -1.43. The topological polar surface area (TPSA) is 52.0 Å². The number of aromatic nitrogens is 3. The van der Waals surface area contributed by atoms with Crippen molar-refractivity contribution in [3.63, 3.8) is 0 Å². The molecule has 2 rings (SSSR count). The predicted octanol–water partition coefficient (Wildman–Crippen LogP) is 2.51. The average Bonchev–Trinajstić information content (AvgIpc) is 2.91. The highest BCUT2D eigenvalue weighted by molar-refractivity contribution is 5.85. The standard InChI is InChI=1S/C15H22N4O.ClH/c1-3-19-17-14(12-16-10-7-11-20-2)15(18-19)13-8-5-4-6-9-13;/h4-6,8-9,16H,3,7,10-12H2,1-2H3;1H. The summed E-state index contributed by atoms with van der Waals surface area (Å²) in [7, 11) is 1.72. The molecule has 1 N–H and O–H groups in total. The Balaban J connectivity index is 0.00000220. The second-order valence-electron chi connectivity index (χ2n) is 4.57. The molecule has 0 spiro atoms. The van der Waals surface area contributed by atoms with Crippen molar-refractivity contribution in [2.75, 3.05) is 20.3 Å². The van der Waals surface area contributed by atoms with Crippen LogP contribution in [0.25, 0.3) is 11.3 Å². The second-order valence-corrected chi connectivity index (χ2v) is 4.57. The van der Waals surface area contributed by atoms with Gasteiger partial charge < -0.3 is 10.1 Å². The molecule has 0 saturated carbocycles. The van der Waals surface area contributed by atoms with Crippen LogP contribution in [0.5, 0.6) is 0 Å². The molecule has 1 heterocycles. The monoisotopic (exact) mass is 310 g/mol. The largest absolute Gasteiger partial charge is 0.385 e. The summed E-state index contributed by atoms with van der Waals surface area (Å²) in [4.78, 5) is 1.74. The second kappa shape index (κ2) is 9.50. The number of aryl methyl sites for hydroxylation is 1. The molecule has 0 aliphatic heterocycles. The number of benzene rings is 1. The van der Waals surface area contributed by atoms with Gasteiger partial charge in [0.2, 0.25) is 0 Å². The molecule has 0 amide bonds. The van der Waals surface area contributed by atoms with Crippen LogP contribution in [0.4, 0.5) is 0 Å². The Morgan fingerprint density at radius 2 is 1.95 bits per heavy atom. The normalized spacial score (nSPS) is 10.4. The summed E-state index contributed by atoms with van der Waals surface area (Å²) < 4.78 is 5.04. The van der Waals surface area contributed by atoms with E-state index in [4.69, 9.17) is 4.74 Å². The van der Waals surface area contributed by atoms with Gasteiger partial charge in [-0.3, -0.25) is 0 Å². The predicted molar refractivity (Wildman–Crippen MR) is 86.6 cm³/mol. The number of nitrogens with zero attached hydrogens (tertiary/aromatic N) is 3. The maximum absolute atomic E-state index is 5.04. The van der Waals surface area contributed by atoms with Crippen LogP contribution in [0.1, 0.15) is 19.0 Å². The van der Waals surface area contributed by atoms with E-state index in [2.05, 4.69) is 27.6 Å². The van der Waals surface area contributed by atoms with Crippen LogP contribution in [0.2, 0.25) is 0 Å². The highest BCUT2D eigenvalue weighted by Gasteiger charge is 2.11. The van der Waals surface area contributed by atoms with E-state index in [0.717, 1.165) is 49.6 Å². The van der Waals surface area contributed by atoms with Crippen LogP contribution in [-0.4, -0.2) is 35.3 Å². The van der Waals surface area contributed by atoms with Crippen molar-refractivity contribution in [3.8, 4) is 11.3 Å². The first-order valence-corrected chi connectivity index (χ1v) is 7.04. The molecule has 2 aromatic rings. The summed E-state index contributed by atoms with van der Waals surface area (Å²) in [5.74, 6) is 0. The van der Waals surface area contributed by atoms with E-state index in [-0.39, 0.29) is 12.4 Å². The number of halogens is 1. The highest BCUT2D eigenvalue weighted by Crippen LogP contribution is 2.19. The zero-order valence-corrected chi connectivity index (χ0v) is 13.4. The molecule has 0 bridgehead atoms. The lowest BCUT2D eigenvalue weighted by Gasteiger charge is -2.03. The van der Waals surface area contributed by atoms with Crippen molar-refractivity contribution in [1.82, 2.24) is 20.3 Å². The molecule has 0 unspecified atom stereocenters. The lowest BCUT2D eigenvalue weighted by molar-refractivity contribution is 0.194. The van der Waals surface area contributed by atoms with Gasteiger partial charge in [0.1, 0.15) is 11.4 Å². The highest BCUT2D eigenvalue weighted by atomic mass is 35.5. The number of ether oxygens (including phenoxy) is 1. The quantitative estimate of drug-likeness (QED) is 0.761. The molecule has 0 fully saturated rings. The maximum Gasteiger partial charge on any atom is 0.117 e. The van der Waals surface area contributed by atoms with Gasteiger partial charge in [0.05, 0.1) is 6.54 Å². The van der Waals surface area contributed by atoms with Crippen LogP contribution < -0.4 is 5.32 Å². The molecule has 21 heavy (non-hydrogen) atoms. The Kier molecular flexibility index (Phi) is 7.97. The van der Waals surface area contributed by atoms with Gasteiger partial charge in [-0.2, -0.15) is 15.0 Å². The van der Waals surface area contributed by atoms with E-state index in [1.54, 1.807) is 11.9 Å². The minimum atomic E-state index is 0. The van der Waals surface area contributed by atoms with E-state index in [1.165, 1.54) is 0 Å². The number of rotatable bonds is 8. The first-order chi connectivity index (χ1) is 9.85. The summed E-state index contributed by atoms with van der Waals surface area (Å²) >= 11 is 0. The van der Waals surface area contributed by atoms with Crippen LogP contribution in [0.3, 0.4) is 0 Å². The fraction of sp³-hybridized carbons (Fsp3) is 0.467. The first kappa shape index (κ1) is 17.6. The summed E-state index contributed by atoms with van der Waals surface area (Å²) in [6.45, 7) is 5.25. The molecule has 116 valence electrons. The van der Waals surface area contributed by atoms with E-state index < -0.39 is 0 Å². The third-order valence-electron chi connectivity index (χ3n) is 3.05. The SMILES string of the molecule is CCn1nc(CNCCCOC)c(-c2ccccc2)n1.Cl. The Morgan fingerprint density at radius 3 is 2.62 bits per heavy atom. The molecule has 6 heteroatoms. The molecule has 0 atom stereocenters. The third kappa shape index (κ3) is 5.12. The minimum Gasteiger partial charge on any atom is -0.385 e. The summed E-state index contributed by atoms with van der Waals surface area (Å²) in [5, 5.41) is 12.5. The van der Waals surface area contributed by atoms with Gasteiger partial charge >= 0.3 is 0 Å². The minimum absolute atomic E-state index is 0. The van der Waals surface area contributed by atoms with Gasteiger partial charge in [0, 0.05) is 25.8 Å². The van der Waals surface area contributed by atoms with Gasteiger partial charge in [0.15, 0.2) is 0 Å². The fourth-order valence-electron chi connectivity index (χ4n) is 2.01. The van der Waals surface area contributed by atoms with E-state index in [1.807, 2.05) is 25.1 Å². The number of hydrogen-bond acceptors (Lipinski definition) is 4. The zero-order valence-electron chi connectivity index (χ0n) is 12.6. The van der Waals surface area contributed by atoms with E-state index in [0.29, 0.717) is 0 Å². The van der Waals surface area contributed by atoms with Crippen molar-refractivity contribution in [1.29, 1.82) is 0 Å². The molecule has 5 nitrogen and oxygen atoms in total. The van der Waals surface area contributed by atoms with Gasteiger partial charge in [-0.1, -0.05) is 30.3 Å². The molecule has 0 radical (unpaired) electrons. The molecule has 0 aliphatic rings. The van der Waals surface area contributed by atoms with Gasteiger partial charge in [-0.25, -0.2) is 0 Å². The first-order valence-electron chi connectivity index (χ1n) is 7.04. The average molecular weight is 311 g/mol. The smallest absolute Gasteiger partial charge is 0.117 e. The summed E-state index contributed by atoms with van der Waals surface area (Å²) in [6.07, 6.45) is 0.999. The lowest BCUT2D eigenvalue weighted by Crippen LogP contribution is -2.17. The van der Waals surface area contributed by atoms with Crippen molar-refractivity contribution < 1.29 is 4.74 Å². The van der Waals surface area contributed by atoms with Crippen molar-refractivity contribution in [3.05, 3.63) is 36.0 Å². The molecular weight excluding hydrogens is 288 g/mol. The Labute approximate surface area is 132 Å². The van der Waals surface area contributed by atoms with Crippen LogP contribution in [0, 0.1) is 0 Å². The molecule has 0 aliphatic carbocycles. The molecule has 1 aromatic heterocycles. The third-order valence-corrected chi connectivity index (χ3v) is 3.05. The van der Waals surface area contributed by atoms with Crippen molar-refractivity contribution in [2.24, 2.45) is 0 Å². The van der Waals surface area contributed by atoms with Crippen molar-refractivity contribution in [2.45, 2.75) is 26.4 Å².